The van der Waals surface area contributed by atoms with E-state index in [2.05, 4.69) is 0 Å². The number of halogens is 1. The minimum Gasteiger partial charge on any atom is -0.508 e. The van der Waals surface area contributed by atoms with Gasteiger partial charge in [-0.05, 0) is 30.3 Å². The van der Waals surface area contributed by atoms with E-state index in [1.54, 1.807) is 0 Å². The lowest BCUT2D eigenvalue weighted by Gasteiger charge is -2.06. The van der Waals surface area contributed by atoms with Gasteiger partial charge >= 0.3 is 0 Å². The van der Waals surface area contributed by atoms with Crippen LogP contribution >= 0.6 is 11.6 Å². The Kier molecular flexibility index (Phi) is 3.12. The summed E-state index contributed by atoms with van der Waals surface area (Å²) in [6.07, 6.45) is 0. The zero-order valence-corrected chi connectivity index (χ0v) is 9.85. The van der Waals surface area contributed by atoms with Crippen molar-refractivity contribution in [1.82, 2.24) is 0 Å². The van der Waals surface area contributed by atoms with E-state index in [0.717, 1.165) is 6.07 Å². The van der Waals surface area contributed by atoms with Crippen LogP contribution in [0.3, 0.4) is 0 Å². The lowest BCUT2D eigenvalue weighted by molar-refractivity contribution is 0.103. The lowest BCUT2D eigenvalue weighted by Crippen LogP contribution is -2.01. The molecule has 0 unspecified atom stereocenters. The monoisotopic (exact) mass is 264 g/mol. The van der Waals surface area contributed by atoms with Gasteiger partial charge in [0.25, 0.3) is 0 Å². The van der Waals surface area contributed by atoms with Crippen LogP contribution in [0.4, 0.5) is 0 Å². The molecule has 3 N–H and O–H groups in total. The van der Waals surface area contributed by atoms with Crippen molar-refractivity contribution in [2.45, 2.75) is 0 Å². The molecule has 0 radical (unpaired) electrons. The summed E-state index contributed by atoms with van der Waals surface area (Å²) in [4.78, 5) is 12.1. The zero-order chi connectivity index (χ0) is 13.3. The first-order chi connectivity index (χ1) is 8.49. The van der Waals surface area contributed by atoms with Gasteiger partial charge in [-0.2, -0.15) is 0 Å². The number of carbonyl (C=O) groups is 1. The third-order valence-corrected chi connectivity index (χ3v) is 2.74. The Balaban J connectivity index is 2.46. The highest BCUT2D eigenvalue weighted by atomic mass is 35.5. The average molecular weight is 265 g/mol. The molecular formula is C13H9ClO4. The Hall–Kier alpha value is -2.20. The number of hydrogen-bond donors (Lipinski definition) is 3. The second-order valence-corrected chi connectivity index (χ2v) is 4.10. The van der Waals surface area contributed by atoms with Gasteiger partial charge in [-0.25, -0.2) is 0 Å². The van der Waals surface area contributed by atoms with Crippen molar-refractivity contribution in [2.75, 3.05) is 0 Å². The zero-order valence-electron chi connectivity index (χ0n) is 9.09. The van der Waals surface area contributed by atoms with Crippen LogP contribution in [0.25, 0.3) is 0 Å². The minimum absolute atomic E-state index is 0.0107. The molecule has 0 saturated carbocycles. The largest absolute Gasteiger partial charge is 0.508 e. The molecule has 92 valence electrons. The Bertz CT molecular complexity index is 605. The van der Waals surface area contributed by atoms with Crippen LogP contribution in [0.2, 0.25) is 5.02 Å². The van der Waals surface area contributed by atoms with Gasteiger partial charge < -0.3 is 15.3 Å². The third kappa shape index (κ3) is 2.24. The van der Waals surface area contributed by atoms with E-state index in [4.69, 9.17) is 16.7 Å². The Morgan fingerprint density at radius 1 is 0.944 bits per heavy atom. The molecule has 2 rings (SSSR count). The Morgan fingerprint density at radius 3 is 2.17 bits per heavy atom. The quantitative estimate of drug-likeness (QED) is 0.729. The molecule has 0 fully saturated rings. The molecule has 0 bridgehead atoms. The van der Waals surface area contributed by atoms with E-state index in [1.807, 2.05) is 0 Å². The highest BCUT2D eigenvalue weighted by Gasteiger charge is 2.16. The van der Waals surface area contributed by atoms with E-state index in [-0.39, 0.29) is 27.8 Å². The summed E-state index contributed by atoms with van der Waals surface area (Å²) in [5.41, 5.74) is 0.286. The fourth-order valence-electron chi connectivity index (χ4n) is 1.50. The SMILES string of the molecule is O=C(c1ccc(O)cc1)c1cc(Cl)c(O)cc1O. The standard InChI is InChI=1S/C13H9ClO4/c14-10-5-9(11(16)6-12(10)17)13(18)7-1-3-8(15)4-2-7/h1-6,15-17H. The van der Waals surface area contributed by atoms with E-state index < -0.39 is 5.78 Å². The number of phenols is 3. The molecule has 0 atom stereocenters. The number of carbonyl (C=O) groups excluding carboxylic acids is 1. The van der Waals surface area contributed by atoms with Gasteiger partial charge in [0.1, 0.15) is 17.2 Å². The molecule has 0 saturated heterocycles. The molecule has 0 aliphatic carbocycles. The summed E-state index contributed by atoms with van der Waals surface area (Å²) in [6, 6.07) is 7.80. The van der Waals surface area contributed by atoms with Gasteiger partial charge in [-0.1, -0.05) is 11.6 Å². The molecule has 0 aromatic heterocycles. The third-order valence-electron chi connectivity index (χ3n) is 2.44. The van der Waals surface area contributed by atoms with Crippen molar-refractivity contribution >= 4 is 17.4 Å². The van der Waals surface area contributed by atoms with Crippen LogP contribution in [0.1, 0.15) is 15.9 Å². The topological polar surface area (TPSA) is 77.8 Å². The number of aromatic hydroxyl groups is 3. The predicted octanol–water partition coefficient (Wildman–Crippen LogP) is 2.69. The van der Waals surface area contributed by atoms with Gasteiger partial charge in [0.05, 0.1) is 10.6 Å². The summed E-state index contributed by atoms with van der Waals surface area (Å²) in [5, 5.41) is 28.0. The van der Waals surface area contributed by atoms with Crippen molar-refractivity contribution in [3.8, 4) is 17.2 Å². The fraction of sp³-hybridized carbons (Fsp3) is 0. The summed E-state index contributed by atoms with van der Waals surface area (Å²) >= 11 is 5.69. The first-order valence-electron chi connectivity index (χ1n) is 5.04. The molecule has 0 aliphatic rings. The first-order valence-corrected chi connectivity index (χ1v) is 5.42. The number of hydrogen-bond acceptors (Lipinski definition) is 4. The van der Waals surface area contributed by atoms with Crippen molar-refractivity contribution in [2.24, 2.45) is 0 Å². The molecular weight excluding hydrogens is 256 g/mol. The van der Waals surface area contributed by atoms with E-state index in [0.29, 0.717) is 5.56 Å². The van der Waals surface area contributed by atoms with Crippen LogP contribution in [0, 0.1) is 0 Å². The highest BCUT2D eigenvalue weighted by molar-refractivity contribution is 6.32. The number of rotatable bonds is 2. The van der Waals surface area contributed by atoms with Gasteiger partial charge in [0, 0.05) is 11.6 Å². The lowest BCUT2D eigenvalue weighted by atomic mass is 10.0. The molecule has 0 spiro atoms. The normalized spacial score (nSPS) is 10.3. The van der Waals surface area contributed by atoms with Crippen LogP contribution in [0.5, 0.6) is 17.2 Å². The molecule has 2 aromatic carbocycles. The molecule has 0 heterocycles. The maximum absolute atomic E-state index is 12.1. The molecule has 2 aromatic rings. The summed E-state index contributed by atoms with van der Waals surface area (Å²) in [7, 11) is 0. The van der Waals surface area contributed by atoms with Crippen LogP contribution in [-0.4, -0.2) is 21.1 Å². The maximum atomic E-state index is 12.1. The van der Waals surface area contributed by atoms with Crippen LogP contribution in [-0.2, 0) is 0 Å². The Morgan fingerprint density at radius 2 is 1.56 bits per heavy atom. The fourth-order valence-corrected chi connectivity index (χ4v) is 1.66. The number of phenolic OH excluding ortho intramolecular Hbond substituents is 3. The van der Waals surface area contributed by atoms with E-state index in [9.17, 15) is 15.0 Å². The van der Waals surface area contributed by atoms with Gasteiger partial charge in [0.15, 0.2) is 5.78 Å². The molecule has 18 heavy (non-hydrogen) atoms. The first kappa shape index (κ1) is 12.3. The van der Waals surface area contributed by atoms with Crippen LogP contribution in [0.15, 0.2) is 36.4 Å². The Labute approximate surface area is 108 Å². The van der Waals surface area contributed by atoms with Gasteiger partial charge in [0.2, 0.25) is 0 Å². The number of ketones is 1. The molecule has 5 heteroatoms. The van der Waals surface area contributed by atoms with Crippen molar-refractivity contribution < 1.29 is 20.1 Å². The van der Waals surface area contributed by atoms with Gasteiger partial charge in [-0.3, -0.25) is 4.79 Å². The maximum Gasteiger partial charge on any atom is 0.196 e. The number of benzene rings is 2. The van der Waals surface area contributed by atoms with E-state index in [1.165, 1.54) is 30.3 Å². The van der Waals surface area contributed by atoms with E-state index >= 15 is 0 Å². The highest BCUT2D eigenvalue weighted by Crippen LogP contribution is 2.32. The molecule has 0 aliphatic heterocycles. The molecule has 0 amide bonds. The van der Waals surface area contributed by atoms with Gasteiger partial charge in [-0.15, -0.1) is 0 Å². The molecule has 4 nitrogen and oxygen atoms in total. The summed E-state index contributed by atoms with van der Waals surface area (Å²) in [6.45, 7) is 0. The predicted molar refractivity (Wildman–Crippen MR) is 66.3 cm³/mol. The second kappa shape index (κ2) is 4.58. The smallest absolute Gasteiger partial charge is 0.196 e. The summed E-state index contributed by atoms with van der Waals surface area (Å²) < 4.78 is 0. The van der Waals surface area contributed by atoms with Crippen molar-refractivity contribution in [3.05, 3.63) is 52.5 Å². The average Bonchev–Trinajstić information content (AvgIpc) is 2.34. The van der Waals surface area contributed by atoms with Crippen molar-refractivity contribution in [3.63, 3.8) is 0 Å². The van der Waals surface area contributed by atoms with Crippen molar-refractivity contribution in [1.29, 1.82) is 0 Å². The minimum atomic E-state index is -0.450. The second-order valence-electron chi connectivity index (χ2n) is 3.70. The van der Waals surface area contributed by atoms with Crippen LogP contribution < -0.4 is 0 Å². The summed E-state index contributed by atoms with van der Waals surface area (Å²) in [5.74, 6) is -1.06.